The van der Waals surface area contributed by atoms with Crippen LogP contribution in [0.15, 0.2) is 48.3 Å². The molecule has 1 aromatic carbocycles. The molecule has 152 valence electrons. The molecule has 0 bridgehead atoms. The summed E-state index contributed by atoms with van der Waals surface area (Å²) in [4.78, 5) is 21.5. The summed E-state index contributed by atoms with van der Waals surface area (Å²) < 4.78 is 16.5. The highest BCUT2D eigenvalue weighted by Crippen LogP contribution is 2.26. The highest BCUT2D eigenvalue weighted by atomic mass is 16.5. The molecule has 1 aromatic heterocycles. The molecule has 2 heterocycles. The second kappa shape index (κ2) is 8.30. The van der Waals surface area contributed by atoms with Crippen molar-refractivity contribution in [2.45, 2.75) is 32.9 Å². The summed E-state index contributed by atoms with van der Waals surface area (Å²) >= 11 is 0. The predicted molar refractivity (Wildman–Crippen MR) is 108 cm³/mol. The molecule has 0 unspecified atom stereocenters. The first-order chi connectivity index (χ1) is 13.9. The molecule has 0 saturated carbocycles. The van der Waals surface area contributed by atoms with Gasteiger partial charge in [-0.3, -0.25) is 4.79 Å². The van der Waals surface area contributed by atoms with Crippen molar-refractivity contribution in [3.63, 3.8) is 0 Å². The molecule has 8 heteroatoms. The van der Waals surface area contributed by atoms with E-state index in [2.05, 4.69) is 21.6 Å². The van der Waals surface area contributed by atoms with Crippen LogP contribution < -0.4 is 4.74 Å². The van der Waals surface area contributed by atoms with Crippen LogP contribution in [0, 0.1) is 0 Å². The Kier molecular flexibility index (Phi) is 5.81. The number of methoxy groups -OCH3 is 1. The minimum Gasteiger partial charge on any atom is -0.497 e. The van der Waals surface area contributed by atoms with Crippen LogP contribution in [-0.4, -0.2) is 46.1 Å². The summed E-state index contributed by atoms with van der Waals surface area (Å²) in [7, 11) is 1.61. The van der Waals surface area contributed by atoms with Crippen molar-refractivity contribution < 1.29 is 19.0 Å². The molecule has 8 nitrogen and oxygen atoms in total. The summed E-state index contributed by atoms with van der Waals surface area (Å²) in [6.45, 7) is 9.86. The van der Waals surface area contributed by atoms with Gasteiger partial charge >= 0.3 is 0 Å². The van der Waals surface area contributed by atoms with E-state index in [1.54, 1.807) is 21.0 Å². The normalized spacial score (nSPS) is 15.4. The summed E-state index contributed by atoms with van der Waals surface area (Å²) in [6.07, 6.45) is 3.07. The van der Waals surface area contributed by atoms with Crippen LogP contribution in [0.3, 0.4) is 0 Å². The summed E-state index contributed by atoms with van der Waals surface area (Å²) in [5.41, 5.74) is 0.567. The highest BCUT2D eigenvalue weighted by molar-refractivity contribution is 6.01. The predicted octanol–water partition coefficient (Wildman–Crippen LogP) is 2.99. The topological polar surface area (TPSA) is 86.1 Å². The third-order valence-corrected chi connectivity index (χ3v) is 4.29. The number of rotatable bonds is 7. The van der Waals surface area contributed by atoms with Crippen molar-refractivity contribution in [3.8, 4) is 5.75 Å². The molecule has 0 N–H and O–H groups in total. The highest BCUT2D eigenvalue weighted by Gasteiger charge is 2.41. The number of nitrogens with zero attached hydrogens (tertiary/aromatic N) is 4. The van der Waals surface area contributed by atoms with Crippen molar-refractivity contribution in [2.24, 2.45) is 5.10 Å². The molecule has 0 aliphatic carbocycles. The third kappa shape index (κ3) is 4.37. The van der Waals surface area contributed by atoms with E-state index in [-0.39, 0.29) is 18.3 Å². The number of carbonyl (C=O) groups excluding carboxylic acids is 1. The van der Waals surface area contributed by atoms with Gasteiger partial charge in [-0.25, -0.2) is 15.0 Å². The van der Waals surface area contributed by atoms with E-state index in [0.717, 1.165) is 11.3 Å². The van der Waals surface area contributed by atoms with Crippen LogP contribution in [0.25, 0.3) is 5.76 Å². The van der Waals surface area contributed by atoms with Crippen LogP contribution in [0.4, 0.5) is 0 Å². The van der Waals surface area contributed by atoms with E-state index in [1.807, 2.05) is 31.2 Å². The van der Waals surface area contributed by atoms with Crippen molar-refractivity contribution in [3.05, 3.63) is 60.2 Å². The Morgan fingerprint density at radius 3 is 2.55 bits per heavy atom. The Balaban J connectivity index is 1.97. The number of carbonyl (C=O) groups is 1. The lowest BCUT2D eigenvalue weighted by Gasteiger charge is -2.34. The monoisotopic (exact) mass is 396 g/mol. The van der Waals surface area contributed by atoms with Gasteiger partial charge in [0.1, 0.15) is 17.2 Å². The van der Waals surface area contributed by atoms with Gasteiger partial charge in [0.25, 0.3) is 11.8 Å². The average Bonchev–Trinajstić information content (AvgIpc) is 2.72. The first-order valence-electron chi connectivity index (χ1n) is 9.21. The van der Waals surface area contributed by atoms with Crippen molar-refractivity contribution in [1.82, 2.24) is 15.0 Å². The van der Waals surface area contributed by atoms with E-state index >= 15 is 0 Å². The number of amides is 1. The maximum atomic E-state index is 12.9. The molecule has 0 fully saturated rings. The molecule has 1 aliphatic heterocycles. The lowest BCUT2D eigenvalue weighted by Crippen LogP contribution is -2.50. The largest absolute Gasteiger partial charge is 0.497 e. The molecule has 0 spiro atoms. The van der Waals surface area contributed by atoms with E-state index in [4.69, 9.17) is 14.2 Å². The van der Waals surface area contributed by atoms with Crippen LogP contribution in [0.5, 0.6) is 5.75 Å². The minimum absolute atomic E-state index is 0.187. The van der Waals surface area contributed by atoms with Crippen LogP contribution in [-0.2, 0) is 20.8 Å². The van der Waals surface area contributed by atoms with Crippen LogP contribution >= 0.6 is 0 Å². The third-order valence-electron chi connectivity index (χ3n) is 4.29. The lowest BCUT2D eigenvalue weighted by atomic mass is 10.1. The fourth-order valence-electron chi connectivity index (χ4n) is 2.82. The fourth-order valence-corrected chi connectivity index (χ4v) is 2.82. The standard InChI is InChI=1S/C21H24N4O4/c1-6-28-14(2)17-18(23-12-11-22-17)19-24-25(20(26)21(3,4)29-19)13-15-7-9-16(27-5)10-8-15/h7-12H,2,6,13H2,1,3-5H3. The van der Waals surface area contributed by atoms with Gasteiger partial charge in [-0.15, -0.1) is 5.10 Å². The Morgan fingerprint density at radius 1 is 1.21 bits per heavy atom. The number of hydrazone groups is 1. The molecule has 1 amide bonds. The maximum absolute atomic E-state index is 12.9. The Morgan fingerprint density at radius 2 is 1.90 bits per heavy atom. The van der Waals surface area contributed by atoms with Gasteiger partial charge < -0.3 is 14.2 Å². The van der Waals surface area contributed by atoms with Gasteiger partial charge in [-0.05, 0) is 38.5 Å². The molecule has 2 aromatic rings. The molecule has 29 heavy (non-hydrogen) atoms. The SMILES string of the molecule is C=C(OCC)c1nccnc1C1=NN(Cc2ccc(OC)cc2)C(=O)C(C)(C)O1. The second-order valence-electron chi connectivity index (χ2n) is 6.84. The zero-order valence-electron chi connectivity index (χ0n) is 17.0. The molecular weight excluding hydrogens is 372 g/mol. The number of aromatic nitrogens is 2. The summed E-state index contributed by atoms with van der Waals surface area (Å²) in [5, 5.41) is 5.80. The number of hydrogen-bond acceptors (Lipinski definition) is 7. The minimum atomic E-state index is -1.12. The zero-order valence-corrected chi connectivity index (χ0v) is 17.0. The Bertz CT molecular complexity index is 938. The van der Waals surface area contributed by atoms with Crippen molar-refractivity contribution in [1.29, 1.82) is 0 Å². The van der Waals surface area contributed by atoms with Crippen LogP contribution in [0.2, 0.25) is 0 Å². The first kappa shape index (κ1) is 20.3. The molecular formula is C21H24N4O4. The average molecular weight is 396 g/mol. The van der Waals surface area contributed by atoms with Crippen molar-refractivity contribution >= 4 is 17.6 Å². The van der Waals surface area contributed by atoms with Gasteiger partial charge in [-0.1, -0.05) is 18.7 Å². The number of benzene rings is 1. The lowest BCUT2D eigenvalue weighted by molar-refractivity contribution is -0.150. The van der Waals surface area contributed by atoms with E-state index < -0.39 is 5.60 Å². The van der Waals surface area contributed by atoms with Gasteiger partial charge in [-0.2, -0.15) is 0 Å². The van der Waals surface area contributed by atoms with E-state index in [9.17, 15) is 4.79 Å². The summed E-state index contributed by atoms with van der Waals surface area (Å²) in [5.74, 6) is 1.03. The van der Waals surface area contributed by atoms with Gasteiger partial charge in [0, 0.05) is 12.4 Å². The van der Waals surface area contributed by atoms with E-state index in [0.29, 0.717) is 23.8 Å². The Labute approximate surface area is 169 Å². The molecule has 0 radical (unpaired) electrons. The molecule has 0 atom stereocenters. The van der Waals surface area contributed by atoms with Gasteiger partial charge in [0.2, 0.25) is 0 Å². The summed E-state index contributed by atoms with van der Waals surface area (Å²) in [6, 6.07) is 7.44. The maximum Gasteiger partial charge on any atom is 0.286 e. The molecule has 3 rings (SSSR count). The van der Waals surface area contributed by atoms with Gasteiger partial charge in [0.15, 0.2) is 11.3 Å². The van der Waals surface area contributed by atoms with Crippen molar-refractivity contribution in [2.75, 3.05) is 13.7 Å². The smallest absolute Gasteiger partial charge is 0.286 e. The first-order valence-corrected chi connectivity index (χ1v) is 9.21. The Hall–Kier alpha value is -3.42. The second-order valence-corrected chi connectivity index (χ2v) is 6.84. The number of ether oxygens (including phenoxy) is 3. The fraction of sp³-hybridized carbons (Fsp3) is 0.333. The molecule has 0 saturated heterocycles. The quantitative estimate of drug-likeness (QED) is 0.669. The molecule has 1 aliphatic rings. The number of hydrogen-bond donors (Lipinski definition) is 0. The van der Waals surface area contributed by atoms with Crippen LogP contribution in [0.1, 0.15) is 37.7 Å². The zero-order chi connectivity index (χ0) is 21.0. The van der Waals surface area contributed by atoms with Gasteiger partial charge in [0.05, 0.1) is 20.3 Å². The van der Waals surface area contributed by atoms with E-state index in [1.165, 1.54) is 17.4 Å².